The summed E-state index contributed by atoms with van der Waals surface area (Å²) in [5.41, 5.74) is 8.68. The third-order valence-electron chi connectivity index (χ3n) is 10.6. The van der Waals surface area contributed by atoms with Crippen molar-refractivity contribution >= 4 is 61.7 Å². The summed E-state index contributed by atoms with van der Waals surface area (Å²) in [6.45, 7) is 4.52. The van der Waals surface area contributed by atoms with Gasteiger partial charge < -0.3 is 4.57 Å². The molecular weight excluding hydrogens is 987 g/mol. The molecule has 0 aliphatic heterocycles. The zero-order valence-corrected chi connectivity index (χ0v) is 38.2. The Hall–Kier alpha value is -5.80. The van der Waals surface area contributed by atoms with Crippen LogP contribution in [0.5, 0.6) is 0 Å². The Labute approximate surface area is 363 Å². The van der Waals surface area contributed by atoms with Crippen molar-refractivity contribution in [3.63, 3.8) is 0 Å². The molecule has 0 unspecified atom stereocenters. The van der Waals surface area contributed by atoms with Crippen LogP contribution >= 0.6 is 0 Å². The van der Waals surface area contributed by atoms with E-state index in [4.69, 9.17) is 14.4 Å². The molecule has 4 heterocycles. The summed E-state index contributed by atoms with van der Waals surface area (Å²) >= 11 is -2.01. The molecule has 0 aliphatic carbocycles. The topological polar surface area (TPSA) is 56.7 Å². The standard InChI is InChI=1S/C26H25GeN2O.C25H15F2N2.Ir/c1-16(2)20-14-24(28-15-22(20)27(3,4)5)19-11-8-10-18-21-13-17-9-6-7-12-23(17)29-26(21)30-25(18)19;26-20-15-19(17-9-3-1-4-10-17)16-21(27)24(20)29-23-14-8-7-13-22(23)28-25(29)18-11-5-2-6-12-18;/h6-10,12-16H,1-5H3;1-11,13-16H;/q2*-1;. The van der Waals surface area contributed by atoms with Gasteiger partial charge in [0.25, 0.3) is 0 Å². The van der Waals surface area contributed by atoms with Crippen LogP contribution in [0.25, 0.3) is 83.5 Å². The minimum absolute atomic E-state index is 0. The molecule has 0 spiro atoms. The molecule has 4 aromatic heterocycles. The zero-order chi connectivity index (χ0) is 40.8. The van der Waals surface area contributed by atoms with Gasteiger partial charge in [-0.2, -0.15) is 0 Å². The smallest absolute Gasteiger partial charge is 0.150 e. The number of halogens is 2. The Morgan fingerprint density at radius 1 is 0.683 bits per heavy atom. The Kier molecular flexibility index (Phi) is 11.4. The minimum atomic E-state index is -2.01. The van der Waals surface area contributed by atoms with E-state index in [0.29, 0.717) is 39.6 Å². The average Bonchev–Trinajstić information content (AvgIpc) is 3.81. The summed E-state index contributed by atoms with van der Waals surface area (Å²) in [6, 6.07) is 49.6. The molecule has 60 heavy (non-hydrogen) atoms. The second-order valence-electron chi connectivity index (χ2n) is 16.0. The van der Waals surface area contributed by atoms with Crippen molar-refractivity contribution in [1.29, 1.82) is 0 Å². The minimum Gasteiger partial charge on any atom is -0.328 e. The average molecular weight is 1030 g/mol. The Morgan fingerprint density at radius 2 is 1.38 bits per heavy atom. The maximum absolute atomic E-state index is 15.3. The van der Waals surface area contributed by atoms with Gasteiger partial charge in [0, 0.05) is 20.1 Å². The number of nitrogens with zero attached hydrogens (tertiary/aromatic N) is 4. The van der Waals surface area contributed by atoms with Crippen molar-refractivity contribution in [3.8, 4) is 39.5 Å². The van der Waals surface area contributed by atoms with Crippen LogP contribution < -0.4 is 4.40 Å². The van der Waals surface area contributed by atoms with Gasteiger partial charge >= 0.3 is 180 Å². The molecular formula is C51H40F2GeIrN4O-2. The largest absolute Gasteiger partial charge is 0.328 e. The van der Waals surface area contributed by atoms with Gasteiger partial charge in [0.2, 0.25) is 0 Å². The van der Waals surface area contributed by atoms with E-state index < -0.39 is 24.9 Å². The second kappa shape index (κ2) is 16.7. The van der Waals surface area contributed by atoms with Gasteiger partial charge in [0.1, 0.15) is 17.3 Å². The fourth-order valence-corrected chi connectivity index (χ4v) is 11.2. The molecule has 0 atom stereocenters. The third-order valence-corrected chi connectivity index (χ3v) is 14.9. The predicted octanol–water partition coefficient (Wildman–Crippen LogP) is 13.1. The predicted molar refractivity (Wildman–Crippen MR) is 239 cm³/mol. The Balaban J connectivity index is 0.000000164. The first-order chi connectivity index (χ1) is 28.5. The second-order valence-corrected chi connectivity index (χ2v) is 26.6. The van der Waals surface area contributed by atoms with Crippen molar-refractivity contribution in [2.75, 3.05) is 0 Å². The van der Waals surface area contributed by atoms with Crippen LogP contribution in [-0.2, 0) is 20.1 Å². The van der Waals surface area contributed by atoms with Gasteiger partial charge in [0.15, 0.2) is 0 Å². The van der Waals surface area contributed by atoms with E-state index in [0.717, 1.165) is 44.1 Å². The number of rotatable bonds is 6. The zero-order valence-electron chi connectivity index (χ0n) is 33.7. The van der Waals surface area contributed by atoms with Crippen LogP contribution in [-0.4, -0.2) is 32.8 Å². The number of imidazole rings is 1. The first-order valence-corrected chi connectivity index (χ1v) is 27.0. The van der Waals surface area contributed by atoms with Crippen molar-refractivity contribution in [3.05, 3.63) is 175 Å². The van der Waals surface area contributed by atoms with Crippen molar-refractivity contribution in [1.82, 2.24) is 19.5 Å². The first-order valence-electron chi connectivity index (χ1n) is 19.7. The van der Waals surface area contributed by atoms with Crippen molar-refractivity contribution in [2.24, 2.45) is 0 Å². The number of hydrogen-bond donors (Lipinski definition) is 0. The fraction of sp³-hybridized carbons (Fsp3) is 0.118. The van der Waals surface area contributed by atoms with Gasteiger partial charge in [-0.3, -0.25) is 4.98 Å². The number of benzene rings is 6. The Bertz CT molecular complexity index is 3130. The maximum Gasteiger partial charge on any atom is 0.150 e. The SMILES string of the molecule is CC(C)c1cc(-c2[c-]ccc3c2oc2nc4ccccc4cc23)nc[c]1[Ge]([CH3])([CH3])[CH3].Fc1cc(-c2ccccc2)cc(F)c1-n1c(-c2[c-]cccc2)nc2ccccc21.[Ir]. The summed E-state index contributed by atoms with van der Waals surface area (Å²) in [6.07, 6.45) is 2.10. The van der Waals surface area contributed by atoms with Gasteiger partial charge in [-0.15, -0.1) is 35.9 Å². The van der Waals surface area contributed by atoms with Crippen molar-refractivity contribution < 1.29 is 33.3 Å². The summed E-state index contributed by atoms with van der Waals surface area (Å²) in [7, 11) is 0. The monoisotopic (exact) mass is 1030 g/mol. The van der Waals surface area contributed by atoms with Crippen molar-refractivity contribution in [2.45, 2.75) is 37.0 Å². The quantitative estimate of drug-likeness (QED) is 0.123. The summed E-state index contributed by atoms with van der Waals surface area (Å²) in [5, 5.41) is 3.20. The molecule has 6 aromatic carbocycles. The molecule has 0 N–H and O–H groups in total. The third kappa shape index (κ3) is 7.71. The molecule has 0 aliphatic rings. The van der Waals surface area contributed by atoms with Gasteiger partial charge in [-0.1, -0.05) is 42.5 Å². The van der Waals surface area contributed by atoms with E-state index in [1.807, 2.05) is 91.0 Å². The number of fused-ring (bicyclic) bond motifs is 5. The number of pyridine rings is 2. The number of furan rings is 1. The first kappa shape index (κ1) is 41.0. The van der Waals surface area contributed by atoms with E-state index in [9.17, 15) is 0 Å². The van der Waals surface area contributed by atoms with Gasteiger partial charge in [0.05, 0.1) is 16.9 Å². The van der Waals surface area contributed by atoms with Crippen LogP contribution in [0.15, 0.2) is 150 Å². The molecule has 0 amide bonds. The molecule has 0 saturated carbocycles. The van der Waals surface area contributed by atoms with Crippen LogP contribution in [0.2, 0.25) is 17.3 Å². The number of aromatic nitrogens is 4. The van der Waals surface area contributed by atoms with E-state index in [-0.39, 0.29) is 25.8 Å². The van der Waals surface area contributed by atoms with E-state index in [1.165, 1.54) is 26.7 Å². The van der Waals surface area contributed by atoms with E-state index >= 15 is 8.78 Å². The number of hydrogen-bond acceptors (Lipinski definition) is 4. The van der Waals surface area contributed by atoms with Gasteiger partial charge in [-0.05, 0) is 35.4 Å². The Morgan fingerprint density at radius 3 is 2.10 bits per heavy atom. The molecule has 0 bridgehead atoms. The number of para-hydroxylation sites is 3. The fourth-order valence-electron chi connectivity index (χ4n) is 7.71. The van der Waals surface area contributed by atoms with Crippen LogP contribution in [0.4, 0.5) is 8.78 Å². The maximum atomic E-state index is 15.3. The molecule has 9 heteroatoms. The summed E-state index contributed by atoms with van der Waals surface area (Å²) in [4.78, 5) is 14.2. The summed E-state index contributed by atoms with van der Waals surface area (Å²) < 4.78 is 39.8. The summed E-state index contributed by atoms with van der Waals surface area (Å²) in [5.74, 6) is 6.86. The van der Waals surface area contributed by atoms with E-state index in [1.54, 1.807) is 12.1 Å². The molecule has 5 nitrogen and oxygen atoms in total. The van der Waals surface area contributed by atoms with Crippen LogP contribution in [0.1, 0.15) is 25.3 Å². The van der Waals surface area contributed by atoms with Crippen LogP contribution in [0.3, 0.4) is 0 Å². The van der Waals surface area contributed by atoms with Gasteiger partial charge in [-0.25, -0.2) is 8.78 Å². The van der Waals surface area contributed by atoms with E-state index in [2.05, 4.69) is 78.7 Å². The molecule has 0 saturated heterocycles. The molecule has 1 radical (unpaired) electrons. The molecule has 10 rings (SSSR count). The molecule has 10 aromatic rings. The molecule has 0 fully saturated rings. The van der Waals surface area contributed by atoms with Crippen LogP contribution in [0, 0.1) is 23.8 Å². The normalized spacial score (nSPS) is 11.6. The molecule has 299 valence electrons.